The lowest BCUT2D eigenvalue weighted by molar-refractivity contribution is 0.101. The number of rotatable bonds is 3. The van der Waals surface area contributed by atoms with E-state index >= 15 is 0 Å². The molecule has 0 saturated carbocycles. The summed E-state index contributed by atoms with van der Waals surface area (Å²) in [6.07, 6.45) is 1.28. The fourth-order valence-corrected chi connectivity index (χ4v) is 0.965. The van der Waals surface area contributed by atoms with Gasteiger partial charge < -0.3 is 9.47 Å². The van der Waals surface area contributed by atoms with Gasteiger partial charge in [0.1, 0.15) is 11.9 Å². The summed E-state index contributed by atoms with van der Waals surface area (Å²) in [6.45, 7) is 1.41. The first-order chi connectivity index (χ1) is 6.20. The highest BCUT2D eigenvalue weighted by molar-refractivity contribution is 5.98. The number of aromatic nitrogens is 2. The second-order valence-corrected chi connectivity index (χ2v) is 2.32. The van der Waals surface area contributed by atoms with Crippen LogP contribution in [0.1, 0.15) is 17.3 Å². The summed E-state index contributed by atoms with van der Waals surface area (Å²) in [4.78, 5) is 18.8. The summed E-state index contributed by atoms with van der Waals surface area (Å²) < 4.78 is 9.79. The lowest BCUT2D eigenvalue weighted by Gasteiger charge is -2.06. The molecule has 0 bridgehead atoms. The Morgan fingerprint density at radius 3 is 2.00 bits per heavy atom. The number of ether oxygens (including phenoxy) is 2. The first-order valence-electron chi connectivity index (χ1n) is 3.64. The minimum absolute atomic E-state index is 0.186. The van der Waals surface area contributed by atoms with Crippen molar-refractivity contribution in [3.05, 3.63) is 11.9 Å². The van der Waals surface area contributed by atoms with Crippen LogP contribution in [-0.4, -0.2) is 30.0 Å². The van der Waals surface area contributed by atoms with Crippen molar-refractivity contribution in [3.8, 4) is 11.8 Å². The van der Waals surface area contributed by atoms with Crippen LogP contribution < -0.4 is 9.47 Å². The molecule has 70 valence electrons. The maximum atomic E-state index is 11.2. The van der Waals surface area contributed by atoms with Gasteiger partial charge in [0, 0.05) is 0 Å². The zero-order valence-electron chi connectivity index (χ0n) is 7.70. The van der Waals surface area contributed by atoms with E-state index in [-0.39, 0.29) is 23.1 Å². The van der Waals surface area contributed by atoms with Crippen molar-refractivity contribution in [2.24, 2.45) is 0 Å². The quantitative estimate of drug-likeness (QED) is 0.644. The third-order valence-corrected chi connectivity index (χ3v) is 1.52. The minimum atomic E-state index is -0.186. The van der Waals surface area contributed by atoms with Crippen molar-refractivity contribution < 1.29 is 14.3 Å². The van der Waals surface area contributed by atoms with E-state index in [1.165, 1.54) is 27.5 Å². The molecule has 1 aromatic heterocycles. The van der Waals surface area contributed by atoms with Gasteiger partial charge in [-0.1, -0.05) is 0 Å². The monoisotopic (exact) mass is 182 g/mol. The molecule has 1 aromatic rings. The van der Waals surface area contributed by atoms with Gasteiger partial charge in [0.15, 0.2) is 5.78 Å². The molecule has 0 atom stereocenters. The fraction of sp³-hybridized carbons (Fsp3) is 0.375. The van der Waals surface area contributed by atoms with E-state index in [1.807, 2.05) is 0 Å². The van der Waals surface area contributed by atoms with E-state index in [2.05, 4.69) is 9.97 Å². The maximum absolute atomic E-state index is 11.2. The Kier molecular flexibility index (Phi) is 2.79. The lowest BCUT2D eigenvalue weighted by Crippen LogP contribution is -2.04. The molecule has 0 aliphatic rings. The van der Waals surface area contributed by atoms with Gasteiger partial charge in [0.25, 0.3) is 0 Å². The van der Waals surface area contributed by atoms with E-state index in [0.29, 0.717) is 0 Å². The summed E-state index contributed by atoms with van der Waals surface area (Å²) in [5, 5.41) is 0. The third-order valence-electron chi connectivity index (χ3n) is 1.52. The molecule has 0 radical (unpaired) electrons. The van der Waals surface area contributed by atoms with Crippen LogP contribution in [0.25, 0.3) is 0 Å². The van der Waals surface area contributed by atoms with Gasteiger partial charge in [-0.25, -0.2) is 9.97 Å². The van der Waals surface area contributed by atoms with Crippen LogP contribution >= 0.6 is 0 Å². The molecule has 0 saturated heterocycles. The molecular formula is C8H10N2O3. The largest absolute Gasteiger partial charge is 0.480 e. The molecule has 0 aliphatic heterocycles. The number of methoxy groups -OCH3 is 2. The topological polar surface area (TPSA) is 61.3 Å². The Hall–Kier alpha value is -1.65. The number of carbonyl (C=O) groups is 1. The fourth-order valence-electron chi connectivity index (χ4n) is 0.965. The Morgan fingerprint density at radius 1 is 1.23 bits per heavy atom. The summed E-state index contributed by atoms with van der Waals surface area (Å²) in [5.74, 6) is 0.285. The van der Waals surface area contributed by atoms with Crippen LogP contribution in [0, 0.1) is 0 Å². The number of hydrogen-bond donors (Lipinski definition) is 0. The predicted octanol–water partition coefficient (Wildman–Crippen LogP) is 0.696. The van der Waals surface area contributed by atoms with Crippen molar-refractivity contribution in [1.29, 1.82) is 0 Å². The zero-order valence-corrected chi connectivity index (χ0v) is 7.70. The average Bonchev–Trinajstić information content (AvgIpc) is 2.16. The van der Waals surface area contributed by atoms with Crippen molar-refractivity contribution in [2.45, 2.75) is 6.92 Å². The molecule has 0 fully saturated rings. The van der Waals surface area contributed by atoms with Crippen LogP contribution in [0.4, 0.5) is 0 Å². The first kappa shape index (κ1) is 9.44. The molecule has 0 amide bonds. The number of carbonyl (C=O) groups excluding carboxylic acids is 1. The van der Waals surface area contributed by atoms with Gasteiger partial charge in [0.2, 0.25) is 11.8 Å². The van der Waals surface area contributed by atoms with Crippen molar-refractivity contribution in [3.63, 3.8) is 0 Å². The van der Waals surface area contributed by atoms with Gasteiger partial charge >= 0.3 is 0 Å². The highest BCUT2D eigenvalue weighted by Gasteiger charge is 2.16. The summed E-state index contributed by atoms with van der Waals surface area (Å²) in [5.41, 5.74) is 0.271. The second-order valence-electron chi connectivity index (χ2n) is 2.32. The molecule has 0 spiro atoms. The van der Waals surface area contributed by atoms with Crippen molar-refractivity contribution >= 4 is 5.78 Å². The normalized spacial score (nSPS) is 9.46. The summed E-state index contributed by atoms with van der Waals surface area (Å²) in [7, 11) is 2.88. The van der Waals surface area contributed by atoms with E-state index in [9.17, 15) is 4.79 Å². The molecule has 0 aromatic carbocycles. The number of nitrogens with zero attached hydrogens (tertiary/aromatic N) is 2. The van der Waals surface area contributed by atoms with Crippen LogP contribution in [0.3, 0.4) is 0 Å². The zero-order chi connectivity index (χ0) is 9.84. The number of ketones is 1. The SMILES string of the molecule is COc1ncnc(OC)c1C(C)=O. The van der Waals surface area contributed by atoms with Crippen LogP contribution in [0.5, 0.6) is 11.8 Å². The van der Waals surface area contributed by atoms with E-state index < -0.39 is 0 Å². The Balaban J connectivity index is 3.29. The van der Waals surface area contributed by atoms with Crippen molar-refractivity contribution in [2.75, 3.05) is 14.2 Å². The molecule has 1 heterocycles. The van der Waals surface area contributed by atoms with E-state index in [0.717, 1.165) is 0 Å². The first-order valence-corrected chi connectivity index (χ1v) is 3.64. The second kappa shape index (κ2) is 3.84. The predicted molar refractivity (Wildman–Crippen MR) is 45.1 cm³/mol. The average molecular weight is 182 g/mol. The van der Waals surface area contributed by atoms with Crippen molar-refractivity contribution in [1.82, 2.24) is 9.97 Å². The smallest absolute Gasteiger partial charge is 0.231 e. The maximum Gasteiger partial charge on any atom is 0.231 e. The van der Waals surface area contributed by atoms with Gasteiger partial charge in [-0.2, -0.15) is 0 Å². The van der Waals surface area contributed by atoms with E-state index in [4.69, 9.17) is 9.47 Å². The molecule has 5 nitrogen and oxygen atoms in total. The van der Waals surface area contributed by atoms with Gasteiger partial charge in [0.05, 0.1) is 14.2 Å². The molecule has 5 heteroatoms. The summed E-state index contributed by atoms with van der Waals surface area (Å²) >= 11 is 0. The lowest BCUT2D eigenvalue weighted by atomic mass is 10.2. The highest BCUT2D eigenvalue weighted by atomic mass is 16.5. The molecule has 0 N–H and O–H groups in total. The molecule has 13 heavy (non-hydrogen) atoms. The van der Waals surface area contributed by atoms with Crippen LogP contribution in [0.2, 0.25) is 0 Å². The van der Waals surface area contributed by atoms with E-state index in [1.54, 1.807) is 0 Å². The molecule has 0 aliphatic carbocycles. The molecule has 0 unspecified atom stereocenters. The molecule has 1 rings (SSSR count). The van der Waals surface area contributed by atoms with Crippen LogP contribution in [0.15, 0.2) is 6.33 Å². The Labute approximate surface area is 75.7 Å². The van der Waals surface area contributed by atoms with Gasteiger partial charge in [-0.05, 0) is 6.92 Å². The standard InChI is InChI=1S/C8H10N2O3/c1-5(11)6-7(12-2)9-4-10-8(6)13-3/h4H,1-3H3. The summed E-state index contributed by atoms with van der Waals surface area (Å²) in [6, 6.07) is 0. The Bertz CT molecular complexity index is 303. The minimum Gasteiger partial charge on any atom is -0.480 e. The third kappa shape index (κ3) is 1.74. The van der Waals surface area contributed by atoms with Gasteiger partial charge in [-0.15, -0.1) is 0 Å². The number of Topliss-reactive ketones (excluding diaryl/α,β-unsaturated/α-hetero) is 1. The van der Waals surface area contributed by atoms with Gasteiger partial charge in [-0.3, -0.25) is 4.79 Å². The number of hydrogen-bond acceptors (Lipinski definition) is 5. The Morgan fingerprint density at radius 2 is 1.69 bits per heavy atom. The molecular weight excluding hydrogens is 172 g/mol. The highest BCUT2D eigenvalue weighted by Crippen LogP contribution is 2.23. The van der Waals surface area contributed by atoms with Crippen LogP contribution in [-0.2, 0) is 0 Å².